The Labute approximate surface area is 124 Å². The Bertz CT molecular complexity index is 546. The number of phenols is 2. The van der Waals surface area contributed by atoms with Crippen molar-refractivity contribution in [2.75, 3.05) is 26.7 Å². The Morgan fingerprint density at radius 2 is 1.95 bits per heavy atom. The van der Waals surface area contributed by atoms with Crippen LogP contribution in [0.5, 0.6) is 11.5 Å². The maximum Gasteiger partial charge on any atom is 0.176 e. The van der Waals surface area contributed by atoms with Gasteiger partial charge in [0.2, 0.25) is 0 Å². The topological polar surface area (TPSA) is 64.0 Å². The monoisotopic (exact) mass is 290 g/mol. The zero-order valence-corrected chi connectivity index (χ0v) is 12.3. The van der Waals surface area contributed by atoms with Gasteiger partial charge in [-0.15, -0.1) is 0 Å². The van der Waals surface area contributed by atoms with Gasteiger partial charge in [0.05, 0.1) is 6.54 Å². The van der Waals surface area contributed by atoms with Gasteiger partial charge in [0.1, 0.15) is 0 Å². The summed E-state index contributed by atoms with van der Waals surface area (Å²) >= 11 is 0. The number of likely N-dealkylation sites (tertiary alicyclic amines) is 1. The molecule has 3 rings (SSSR count). The minimum absolute atomic E-state index is 0.00859. The molecule has 5 heteroatoms. The summed E-state index contributed by atoms with van der Waals surface area (Å²) in [5.41, 5.74) is 0.452. The Kier molecular flexibility index (Phi) is 3.87. The maximum absolute atomic E-state index is 12.3. The van der Waals surface area contributed by atoms with Gasteiger partial charge in [-0.2, -0.15) is 0 Å². The van der Waals surface area contributed by atoms with Crippen molar-refractivity contribution < 1.29 is 15.0 Å². The zero-order valence-electron chi connectivity index (χ0n) is 12.3. The average Bonchev–Trinajstić information content (AvgIpc) is 2.70. The number of ketones is 1. The summed E-state index contributed by atoms with van der Waals surface area (Å²) in [6.45, 7) is 2.26. The van der Waals surface area contributed by atoms with Crippen molar-refractivity contribution in [3.8, 4) is 11.5 Å². The fourth-order valence-electron chi connectivity index (χ4n) is 3.51. The van der Waals surface area contributed by atoms with Crippen LogP contribution in [0.3, 0.4) is 0 Å². The summed E-state index contributed by atoms with van der Waals surface area (Å²) in [6, 6.07) is 5.48. The summed E-state index contributed by atoms with van der Waals surface area (Å²) in [7, 11) is 2.19. The molecule has 2 N–H and O–H groups in total. The van der Waals surface area contributed by atoms with Crippen LogP contribution in [0.2, 0.25) is 0 Å². The van der Waals surface area contributed by atoms with Gasteiger partial charge in [-0.1, -0.05) is 0 Å². The molecule has 0 radical (unpaired) electrons. The minimum atomic E-state index is -0.240. The van der Waals surface area contributed by atoms with E-state index in [1.807, 2.05) is 0 Å². The summed E-state index contributed by atoms with van der Waals surface area (Å²) < 4.78 is 0. The van der Waals surface area contributed by atoms with Crippen LogP contribution in [0.25, 0.3) is 0 Å². The normalized spacial score (nSPS) is 26.7. The van der Waals surface area contributed by atoms with Gasteiger partial charge >= 0.3 is 0 Å². The third-order valence-corrected chi connectivity index (χ3v) is 4.90. The van der Waals surface area contributed by atoms with E-state index >= 15 is 0 Å². The van der Waals surface area contributed by atoms with Crippen LogP contribution in [0.4, 0.5) is 0 Å². The van der Waals surface area contributed by atoms with Gasteiger partial charge in [0, 0.05) is 30.7 Å². The third kappa shape index (κ3) is 2.89. The van der Waals surface area contributed by atoms with Crippen molar-refractivity contribution in [2.24, 2.45) is 0 Å². The second-order valence-corrected chi connectivity index (χ2v) is 6.20. The summed E-state index contributed by atoms with van der Waals surface area (Å²) in [5.74, 6) is -0.443. The fourth-order valence-corrected chi connectivity index (χ4v) is 3.51. The van der Waals surface area contributed by atoms with E-state index in [2.05, 4.69) is 16.8 Å². The summed E-state index contributed by atoms with van der Waals surface area (Å²) in [4.78, 5) is 17.0. The van der Waals surface area contributed by atoms with Gasteiger partial charge in [0.15, 0.2) is 17.3 Å². The first-order chi connectivity index (χ1) is 10.0. The number of likely N-dealkylation sites (N-methyl/N-ethyl adjacent to an activating group) is 1. The fraction of sp³-hybridized carbons (Fsp3) is 0.562. The lowest BCUT2D eigenvalue weighted by atomic mass is 10.1. The molecule has 2 unspecified atom stereocenters. The number of fused-ring (bicyclic) bond motifs is 2. The van der Waals surface area contributed by atoms with Crippen LogP contribution in [0.1, 0.15) is 29.6 Å². The number of phenolic OH excluding ortho intramolecular Hbond substituents is 2. The number of Topliss-reactive ketones (excluding diaryl/α,β-unsaturated/α-hetero) is 1. The second-order valence-electron chi connectivity index (χ2n) is 6.20. The highest BCUT2D eigenvalue weighted by molar-refractivity contribution is 5.98. The van der Waals surface area contributed by atoms with Crippen molar-refractivity contribution in [2.45, 2.75) is 31.3 Å². The average molecular weight is 290 g/mol. The first-order valence-corrected chi connectivity index (χ1v) is 7.54. The van der Waals surface area contributed by atoms with Gasteiger partial charge in [-0.3, -0.25) is 14.6 Å². The molecule has 5 nitrogen and oxygen atoms in total. The number of carbonyl (C=O) groups excluding carboxylic acids is 1. The molecule has 0 saturated carbocycles. The molecular formula is C16H22N2O3. The molecule has 0 aromatic heterocycles. The summed E-state index contributed by atoms with van der Waals surface area (Å²) in [5, 5.41) is 18.8. The molecule has 2 aliphatic heterocycles. The number of hydrogen-bond acceptors (Lipinski definition) is 5. The molecule has 0 aliphatic carbocycles. The second kappa shape index (κ2) is 5.66. The van der Waals surface area contributed by atoms with Crippen molar-refractivity contribution in [3.63, 3.8) is 0 Å². The maximum atomic E-state index is 12.3. The molecule has 0 spiro atoms. The Balaban J connectivity index is 1.66. The van der Waals surface area contributed by atoms with E-state index < -0.39 is 0 Å². The van der Waals surface area contributed by atoms with Crippen LogP contribution >= 0.6 is 0 Å². The molecule has 2 atom stereocenters. The highest BCUT2D eigenvalue weighted by atomic mass is 16.3. The molecule has 2 saturated heterocycles. The number of rotatable bonds is 3. The minimum Gasteiger partial charge on any atom is -0.504 e. The van der Waals surface area contributed by atoms with E-state index in [-0.39, 0.29) is 17.3 Å². The SMILES string of the molecule is CN1C2CCC1CN(CC(=O)c1ccc(O)c(O)c1)CC2. The molecule has 0 amide bonds. The number of carbonyl (C=O) groups is 1. The quantitative estimate of drug-likeness (QED) is 0.651. The Morgan fingerprint density at radius 1 is 1.19 bits per heavy atom. The molecule has 114 valence electrons. The van der Waals surface area contributed by atoms with Crippen molar-refractivity contribution in [3.05, 3.63) is 23.8 Å². The van der Waals surface area contributed by atoms with E-state index in [4.69, 9.17) is 0 Å². The number of benzene rings is 1. The standard InChI is InChI=1S/C16H22N2O3/c1-17-12-3-4-13(17)9-18(7-6-12)10-16(21)11-2-5-14(19)15(20)8-11/h2,5,8,12-13,19-20H,3-4,6-7,9-10H2,1H3. The molecule has 1 aromatic carbocycles. The predicted molar refractivity (Wildman–Crippen MR) is 79.7 cm³/mol. The largest absolute Gasteiger partial charge is 0.504 e. The Morgan fingerprint density at radius 3 is 2.71 bits per heavy atom. The molecule has 2 fully saturated rings. The number of hydrogen-bond donors (Lipinski definition) is 2. The zero-order chi connectivity index (χ0) is 15.0. The highest BCUT2D eigenvalue weighted by Crippen LogP contribution is 2.29. The van der Waals surface area contributed by atoms with Gasteiger partial charge < -0.3 is 10.2 Å². The van der Waals surface area contributed by atoms with Gasteiger partial charge in [0.25, 0.3) is 0 Å². The van der Waals surface area contributed by atoms with Gasteiger partial charge in [-0.05, 0) is 44.5 Å². The van der Waals surface area contributed by atoms with Crippen LogP contribution in [0.15, 0.2) is 18.2 Å². The van der Waals surface area contributed by atoms with Crippen molar-refractivity contribution in [1.82, 2.24) is 9.80 Å². The van der Waals surface area contributed by atoms with Gasteiger partial charge in [-0.25, -0.2) is 0 Å². The third-order valence-electron chi connectivity index (χ3n) is 4.90. The molecule has 2 aliphatic rings. The van der Waals surface area contributed by atoms with Crippen LogP contribution in [-0.4, -0.2) is 64.6 Å². The molecule has 2 bridgehead atoms. The lowest BCUT2D eigenvalue weighted by Crippen LogP contribution is -2.38. The molecular weight excluding hydrogens is 268 g/mol. The van der Waals surface area contributed by atoms with E-state index in [1.165, 1.54) is 25.0 Å². The molecule has 2 heterocycles. The molecule has 1 aromatic rings. The smallest absolute Gasteiger partial charge is 0.176 e. The molecule has 21 heavy (non-hydrogen) atoms. The lowest BCUT2D eigenvalue weighted by Gasteiger charge is -2.25. The first kappa shape index (κ1) is 14.4. The van der Waals surface area contributed by atoms with Crippen molar-refractivity contribution >= 4 is 5.78 Å². The van der Waals surface area contributed by atoms with E-state index in [9.17, 15) is 15.0 Å². The number of aromatic hydroxyl groups is 2. The van der Waals surface area contributed by atoms with Crippen molar-refractivity contribution in [1.29, 1.82) is 0 Å². The highest BCUT2D eigenvalue weighted by Gasteiger charge is 2.34. The van der Waals surface area contributed by atoms with E-state index in [0.29, 0.717) is 24.2 Å². The first-order valence-electron chi connectivity index (χ1n) is 7.54. The van der Waals surface area contributed by atoms with E-state index in [1.54, 1.807) is 6.07 Å². The van der Waals surface area contributed by atoms with Crippen LogP contribution in [-0.2, 0) is 0 Å². The predicted octanol–water partition coefficient (Wildman–Crippen LogP) is 1.45. The number of nitrogens with zero attached hydrogens (tertiary/aromatic N) is 2. The Hall–Kier alpha value is -1.59. The lowest BCUT2D eigenvalue weighted by molar-refractivity contribution is 0.0923. The summed E-state index contributed by atoms with van der Waals surface area (Å²) in [6.07, 6.45) is 3.60. The van der Waals surface area contributed by atoms with E-state index in [0.717, 1.165) is 19.5 Å². The van der Waals surface area contributed by atoms with Crippen LogP contribution in [0, 0.1) is 0 Å². The van der Waals surface area contributed by atoms with Crippen LogP contribution < -0.4 is 0 Å².